The van der Waals surface area contributed by atoms with Crippen LogP contribution in [0.5, 0.6) is 0 Å². The van der Waals surface area contributed by atoms with Crippen LogP contribution in [0.25, 0.3) is 0 Å². The minimum Gasteiger partial charge on any atom is -0.384 e. The Balaban J connectivity index is 2.22. The van der Waals surface area contributed by atoms with Crippen molar-refractivity contribution in [2.75, 3.05) is 26.4 Å². The number of ether oxygens (including phenoxy) is 2. The van der Waals surface area contributed by atoms with Gasteiger partial charge in [0.15, 0.2) is 0 Å². The molecule has 0 amide bonds. The maximum Gasteiger partial charge on any atom is 0.104 e. The monoisotopic (exact) mass is 248 g/mol. The number of rotatable bonds is 7. The lowest BCUT2D eigenvalue weighted by Gasteiger charge is -2.05. The Labute approximate surface area is 109 Å². The normalized spacial score (nSPS) is 9.89. The summed E-state index contributed by atoms with van der Waals surface area (Å²) in [6.45, 7) is 4.62. The summed E-state index contributed by atoms with van der Waals surface area (Å²) in [5.41, 5.74) is 2.01. The summed E-state index contributed by atoms with van der Waals surface area (Å²) in [5.74, 6) is 5.46. The van der Waals surface area contributed by atoms with Crippen LogP contribution in [0.15, 0.2) is 24.3 Å². The molecule has 0 aliphatic heterocycles. The third-order valence-corrected chi connectivity index (χ3v) is 2.25. The third-order valence-electron chi connectivity index (χ3n) is 2.25. The average molecular weight is 248 g/mol. The summed E-state index contributed by atoms with van der Waals surface area (Å²) >= 11 is 0. The first-order chi connectivity index (χ1) is 8.86. The molecule has 0 aromatic heterocycles. The molecule has 3 heteroatoms. The summed E-state index contributed by atoms with van der Waals surface area (Å²) in [6, 6.07) is 7.81. The lowest BCUT2D eigenvalue weighted by Crippen LogP contribution is -2.04. The van der Waals surface area contributed by atoms with Gasteiger partial charge < -0.3 is 14.6 Å². The van der Waals surface area contributed by atoms with E-state index < -0.39 is 0 Å². The van der Waals surface area contributed by atoms with Crippen LogP contribution in [0, 0.1) is 11.8 Å². The molecular formula is C15H20O3. The first kappa shape index (κ1) is 14.7. The van der Waals surface area contributed by atoms with Gasteiger partial charge in [-0.1, -0.05) is 30.9 Å². The molecule has 0 aliphatic rings. The Hall–Kier alpha value is -1.34. The molecule has 1 rings (SSSR count). The highest BCUT2D eigenvalue weighted by Gasteiger charge is 1.94. The van der Waals surface area contributed by atoms with Gasteiger partial charge in [0.2, 0.25) is 0 Å². The van der Waals surface area contributed by atoms with Gasteiger partial charge in [0.05, 0.1) is 19.8 Å². The van der Waals surface area contributed by atoms with E-state index in [2.05, 4.69) is 18.8 Å². The van der Waals surface area contributed by atoms with Crippen molar-refractivity contribution >= 4 is 0 Å². The fourth-order valence-electron chi connectivity index (χ4n) is 1.38. The quantitative estimate of drug-likeness (QED) is 0.592. The molecule has 0 unspecified atom stereocenters. The van der Waals surface area contributed by atoms with Crippen LogP contribution in [0.3, 0.4) is 0 Å². The molecule has 0 saturated heterocycles. The molecule has 18 heavy (non-hydrogen) atoms. The Morgan fingerprint density at radius 2 is 1.78 bits per heavy atom. The summed E-state index contributed by atoms with van der Waals surface area (Å²) < 4.78 is 10.8. The second kappa shape index (κ2) is 9.67. The fourth-order valence-corrected chi connectivity index (χ4v) is 1.38. The Kier molecular flexibility index (Phi) is 7.90. The zero-order valence-electron chi connectivity index (χ0n) is 10.8. The largest absolute Gasteiger partial charge is 0.384 e. The minimum atomic E-state index is -0.109. The molecule has 0 radical (unpaired) electrons. The molecule has 0 fully saturated rings. The van der Waals surface area contributed by atoms with Gasteiger partial charge in [0.1, 0.15) is 6.61 Å². The van der Waals surface area contributed by atoms with E-state index in [9.17, 15) is 0 Å². The molecule has 0 spiro atoms. The van der Waals surface area contributed by atoms with Crippen LogP contribution in [-0.4, -0.2) is 31.5 Å². The van der Waals surface area contributed by atoms with Gasteiger partial charge in [0.25, 0.3) is 0 Å². The molecular weight excluding hydrogens is 228 g/mol. The highest BCUT2D eigenvalue weighted by molar-refractivity contribution is 5.35. The maximum absolute atomic E-state index is 8.58. The van der Waals surface area contributed by atoms with Crippen molar-refractivity contribution in [3.8, 4) is 11.8 Å². The van der Waals surface area contributed by atoms with Crippen LogP contribution in [-0.2, 0) is 16.1 Å². The zero-order chi connectivity index (χ0) is 13.1. The van der Waals surface area contributed by atoms with E-state index >= 15 is 0 Å². The molecule has 0 heterocycles. The van der Waals surface area contributed by atoms with E-state index in [-0.39, 0.29) is 6.61 Å². The minimum absolute atomic E-state index is 0.109. The highest BCUT2D eigenvalue weighted by Crippen LogP contribution is 2.04. The lowest BCUT2D eigenvalue weighted by molar-refractivity contribution is 0.0408. The number of benzene rings is 1. The summed E-state index contributed by atoms with van der Waals surface area (Å²) in [5, 5.41) is 8.58. The van der Waals surface area contributed by atoms with Crippen molar-refractivity contribution in [3.63, 3.8) is 0 Å². The molecule has 98 valence electrons. The molecule has 0 aliphatic carbocycles. The topological polar surface area (TPSA) is 38.7 Å². The smallest absolute Gasteiger partial charge is 0.104 e. The molecule has 0 saturated carbocycles. The van der Waals surface area contributed by atoms with Crippen LogP contribution >= 0.6 is 0 Å². The number of aliphatic hydroxyl groups is 1. The number of hydrogen-bond acceptors (Lipinski definition) is 3. The summed E-state index contributed by atoms with van der Waals surface area (Å²) in [6.07, 6.45) is 1.04. The fraction of sp³-hybridized carbons (Fsp3) is 0.467. The zero-order valence-corrected chi connectivity index (χ0v) is 10.8. The van der Waals surface area contributed by atoms with Gasteiger partial charge >= 0.3 is 0 Å². The second-order valence-corrected chi connectivity index (χ2v) is 3.82. The van der Waals surface area contributed by atoms with Crippen molar-refractivity contribution in [2.24, 2.45) is 0 Å². The van der Waals surface area contributed by atoms with E-state index in [1.54, 1.807) is 0 Å². The molecule has 0 atom stereocenters. The van der Waals surface area contributed by atoms with E-state index in [0.717, 1.165) is 24.2 Å². The van der Waals surface area contributed by atoms with E-state index in [1.807, 2.05) is 24.3 Å². The Morgan fingerprint density at radius 3 is 2.44 bits per heavy atom. The second-order valence-electron chi connectivity index (χ2n) is 3.82. The Bertz CT molecular complexity index is 373. The first-order valence-corrected chi connectivity index (χ1v) is 6.21. The van der Waals surface area contributed by atoms with Crippen LogP contribution in [0.4, 0.5) is 0 Å². The van der Waals surface area contributed by atoms with Crippen LogP contribution < -0.4 is 0 Å². The predicted molar refractivity (Wildman–Crippen MR) is 71.2 cm³/mol. The standard InChI is InChI=1S/C15H20O3/c1-2-10-17-11-12-18-13-15-7-5-14(6-8-15)4-3-9-16/h5-8,16H,2,9-13H2,1H3. The summed E-state index contributed by atoms with van der Waals surface area (Å²) in [4.78, 5) is 0. The maximum atomic E-state index is 8.58. The highest BCUT2D eigenvalue weighted by atomic mass is 16.5. The van der Waals surface area contributed by atoms with Crippen molar-refractivity contribution < 1.29 is 14.6 Å². The van der Waals surface area contributed by atoms with Crippen LogP contribution in [0.2, 0.25) is 0 Å². The molecule has 3 nitrogen and oxygen atoms in total. The predicted octanol–water partition coefficient (Wildman–Crippen LogP) is 1.97. The Morgan fingerprint density at radius 1 is 1.06 bits per heavy atom. The summed E-state index contributed by atoms with van der Waals surface area (Å²) in [7, 11) is 0. The van der Waals surface area contributed by atoms with Gasteiger partial charge in [-0.3, -0.25) is 0 Å². The van der Waals surface area contributed by atoms with E-state index in [0.29, 0.717) is 19.8 Å². The molecule has 1 aromatic carbocycles. The van der Waals surface area contributed by atoms with Gasteiger partial charge in [-0.2, -0.15) is 0 Å². The average Bonchev–Trinajstić information content (AvgIpc) is 2.42. The first-order valence-electron chi connectivity index (χ1n) is 6.21. The van der Waals surface area contributed by atoms with Gasteiger partial charge in [0, 0.05) is 12.2 Å². The lowest BCUT2D eigenvalue weighted by atomic mass is 10.1. The van der Waals surface area contributed by atoms with Crippen molar-refractivity contribution in [1.29, 1.82) is 0 Å². The molecule has 1 aromatic rings. The van der Waals surface area contributed by atoms with Crippen LogP contribution in [0.1, 0.15) is 24.5 Å². The SMILES string of the molecule is CCCOCCOCc1ccc(C#CCO)cc1. The van der Waals surface area contributed by atoms with Gasteiger partial charge in [-0.15, -0.1) is 0 Å². The van der Waals surface area contributed by atoms with E-state index in [1.165, 1.54) is 0 Å². The van der Waals surface area contributed by atoms with Crippen molar-refractivity contribution in [2.45, 2.75) is 20.0 Å². The number of aliphatic hydroxyl groups excluding tert-OH is 1. The molecule has 0 bridgehead atoms. The van der Waals surface area contributed by atoms with Gasteiger partial charge in [-0.25, -0.2) is 0 Å². The van der Waals surface area contributed by atoms with Crippen molar-refractivity contribution in [1.82, 2.24) is 0 Å². The number of hydrogen-bond donors (Lipinski definition) is 1. The van der Waals surface area contributed by atoms with Crippen molar-refractivity contribution in [3.05, 3.63) is 35.4 Å². The van der Waals surface area contributed by atoms with E-state index in [4.69, 9.17) is 14.6 Å². The van der Waals surface area contributed by atoms with Gasteiger partial charge in [-0.05, 0) is 24.1 Å². The molecule has 1 N–H and O–H groups in total. The third kappa shape index (κ3) is 6.41.